The first-order valence-corrected chi connectivity index (χ1v) is 25.2. The topological polar surface area (TPSA) is 299 Å². The van der Waals surface area contributed by atoms with Crippen LogP contribution in [0.15, 0.2) is 12.5 Å². The van der Waals surface area contributed by atoms with Crippen LogP contribution < -0.4 is 16.0 Å². The Morgan fingerprint density at radius 1 is 0.522 bits per heavy atom. The smallest absolute Gasteiger partial charge is 0.326 e. The average molecular weight is 984 g/mol. The molecule has 0 unspecified atom stereocenters. The van der Waals surface area contributed by atoms with Gasteiger partial charge in [-0.05, 0) is 44.9 Å². The number of aryl methyl sites for hydroxylation is 1. The minimum absolute atomic E-state index is 0. The van der Waals surface area contributed by atoms with E-state index in [9.17, 15) is 48.6 Å². The summed E-state index contributed by atoms with van der Waals surface area (Å²) in [5.41, 5.74) is 0.823. The lowest BCUT2D eigenvalue weighted by Gasteiger charge is -2.14. The number of carboxylic acids is 3. The number of imidazole rings is 1. The number of aliphatic carboxylic acids is 3. The van der Waals surface area contributed by atoms with Crippen LogP contribution >= 0.6 is 0 Å². The van der Waals surface area contributed by atoms with Gasteiger partial charge in [0.05, 0.1) is 45.3 Å². The third-order valence-corrected chi connectivity index (χ3v) is 11.3. The maximum atomic E-state index is 12.4. The fraction of sp³-hybridized carbons (Fsp3) is 0.776. The molecule has 3 amide bonds. The molecule has 0 saturated carbocycles. The molecule has 0 aliphatic heterocycles. The number of ketones is 2. The Kier molecular flexibility index (Phi) is 39.0. The number of nitrogens with zero attached hydrogens (tertiary/aromatic N) is 1. The van der Waals surface area contributed by atoms with E-state index in [1.807, 2.05) is 0 Å². The lowest BCUT2D eigenvalue weighted by Crippen LogP contribution is -2.41. The summed E-state index contributed by atoms with van der Waals surface area (Å²) in [5.74, 6) is -4.84. The number of H-pyrrole nitrogens is 1. The highest BCUT2D eigenvalue weighted by molar-refractivity contribution is 5.85. The van der Waals surface area contributed by atoms with Gasteiger partial charge in [0, 0.05) is 71.5 Å². The van der Waals surface area contributed by atoms with Crippen molar-refractivity contribution in [2.24, 2.45) is 5.92 Å². The Morgan fingerprint density at radius 2 is 1.07 bits per heavy atom. The van der Waals surface area contributed by atoms with Gasteiger partial charge in [0.15, 0.2) is 0 Å². The molecule has 1 heterocycles. The highest BCUT2D eigenvalue weighted by atomic mass is 16.5. The van der Waals surface area contributed by atoms with E-state index < -0.39 is 29.9 Å². The number of carbonyl (C=O) groups excluding carboxylic acids is 5. The molecule has 2 atom stereocenters. The van der Waals surface area contributed by atoms with Gasteiger partial charge in [-0.3, -0.25) is 33.6 Å². The normalized spacial score (nSPS) is 12.0. The summed E-state index contributed by atoms with van der Waals surface area (Å²) < 4.78 is 21.5. The standard InChI is InChI=1S/C49H83N5O15.H2/c55-41(24-25-43(49(64)65)54-44(57)20-13-11-9-7-5-3-1-2-4-6-8-10-12-14-21-47(60)61)19-17-28-66-30-32-68-37-46(59)52-27-29-67-31-33-69-36-45(58)51-26-16-15-18-39(48(62)63)34-42(56)23-22-40-35-50-38-53-40;/h35,38-39,43H,1-34,36-37H2,(H,50,53)(H,51,58)(H,52,59)(H,54,57)(H,60,61)(H,62,63)(H,64,65);1H/t39-,43+;/m1./s1. The largest absolute Gasteiger partial charge is 0.481 e. The molecule has 20 heteroatoms. The van der Waals surface area contributed by atoms with E-state index in [0.29, 0.717) is 51.7 Å². The van der Waals surface area contributed by atoms with Gasteiger partial charge in [0.2, 0.25) is 17.7 Å². The molecule has 0 saturated heterocycles. The molecule has 0 spiro atoms. The summed E-state index contributed by atoms with van der Waals surface area (Å²) in [5, 5.41) is 35.6. The molecular weight excluding hydrogens is 899 g/mol. The SMILES string of the molecule is O=C(O)CCCCCCCCCCCCCCCCC(=O)N[C@@H](CCC(=O)CCCOCCOCC(=O)NCCOCCOCC(=O)NCCCC[C@H](CC(=O)CCc1cnc[nH]1)C(=O)O)C(=O)O.[HH]. The first-order valence-electron chi connectivity index (χ1n) is 25.2. The molecule has 0 fully saturated rings. The Balaban J connectivity index is 0.0000476. The van der Waals surface area contributed by atoms with E-state index >= 15 is 0 Å². The lowest BCUT2D eigenvalue weighted by atomic mass is 9.94. The highest BCUT2D eigenvalue weighted by Crippen LogP contribution is 2.16. The number of unbranched alkanes of at least 4 members (excludes halogenated alkanes) is 14. The van der Waals surface area contributed by atoms with Gasteiger partial charge in [-0.25, -0.2) is 9.78 Å². The van der Waals surface area contributed by atoms with Gasteiger partial charge in [0.1, 0.15) is 30.8 Å². The van der Waals surface area contributed by atoms with Crippen molar-refractivity contribution in [1.82, 2.24) is 25.9 Å². The zero-order valence-electron chi connectivity index (χ0n) is 41.0. The zero-order chi connectivity index (χ0) is 50.6. The number of hydrogen-bond donors (Lipinski definition) is 7. The Hall–Kier alpha value is -4.79. The molecule has 1 aromatic heterocycles. The quantitative estimate of drug-likeness (QED) is 0.0383. The zero-order valence-corrected chi connectivity index (χ0v) is 41.0. The number of amides is 3. The van der Waals surface area contributed by atoms with E-state index in [1.165, 1.54) is 51.3 Å². The molecule has 20 nitrogen and oxygen atoms in total. The van der Waals surface area contributed by atoms with Crippen molar-refractivity contribution < 1.29 is 74.0 Å². The fourth-order valence-electron chi connectivity index (χ4n) is 7.27. The maximum absolute atomic E-state index is 12.4. The van der Waals surface area contributed by atoms with Crippen molar-refractivity contribution in [3.63, 3.8) is 0 Å². The van der Waals surface area contributed by atoms with Gasteiger partial charge in [0.25, 0.3) is 0 Å². The summed E-state index contributed by atoms with van der Waals surface area (Å²) in [4.78, 5) is 102. The first kappa shape index (κ1) is 62.2. The summed E-state index contributed by atoms with van der Waals surface area (Å²) >= 11 is 0. The molecule has 396 valence electrons. The summed E-state index contributed by atoms with van der Waals surface area (Å²) in [6, 6.07) is -1.11. The van der Waals surface area contributed by atoms with Gasteiger partial charge >= 0.3 is 17.9 Å². The number of carbonyl (C=O) groups is 8. The van der Waals surface area contributed by atoms with Crippen LogP contribution in [0.25, 0.3) is 0 Å². The Morgan fingerprint density at radius 3 is 1.62 bits per heavy atom. The molecule has 7 N–H and O–H groups in total. The first-order chi connectivity index (χ1) is 33.4. The van der Waals surface area contributed by atoms with Crippen LogP contribution in [0, 0.1) is 5.92 Å². The summed E-state index contributed by atoms with van der Waals surface area (Å²) in [6.45, 7) is 1.59. The van der Waals surface area contributed by atoms with Crippen molar-refractivity contribution in [3.05, 3.63) is 18.2 Å². The molecule has 1 rings (SSSR count). The third-order valence-electron chi connectivity index (χ3n) is 11.3. The van der Waals surface area contributed by atoms with Crippen LogP contribution in [0.2, 0.25) is 0 Å². The fourth-order valence-corrected chi connectivity index (χ4v) is 7.27. The maximum Gasteiger partial charge on any atom is 0.326 e. The minimum Gasteiger partial charge on any atom is -0.481 e. The van der Waals surface area contributed by atoms with Crippen molar-refractivity contribution in [2.75, 3.05) is 65.9 Å². The predicted molar refractivity (Wildman–Crippen MR) is 257 cm³/mol. The molecule has 1 aromatic rings. The molecule has 0 aliphatic rings. The monoisotopic (exact) mass is 984 g/mol. The average Bonchev–Trinajstić information content (AvgIpc) is 3.84. The second kappa shape index (κ2) is 43.2. The van der Waals surface area contributed by atoms with Crippen LogP contribution in [0.3, 0.4) is 0 Å². The van der Waals surface area contributed by atoms with Crippen LogP contribution in [0.4, 0.5) is 0 Å². The van der Waals surface area contributed by atoms with Crippen molar-refractivity contribution >= 4 is 47.2 Å². The number of carboxylic acid groups (broad SMARTS) is 3. The molecule has 0 bridgehead atoms. The number of ether oxygens (including phenoxy) is 4. The number of Topliss-reactive ketones (excluding diaryl/α,β-unsaturated/α-hetero) is 2. The molecule has 0 aliphatic carbocycles. The number of aromatic amines is 1. The van der Waals surface area contributed by atoms with Crippen LogP contribution in [-0.2, 0) is 63.7 Å². The highest BCUT2D eigenvalue weighted by Gasteiger charge is 2.22. The van der Waals surface area contributed by atoms with Crippen LogP contribution in [-0.4, -0.2) is 144 Å². The summed E-state index contributed by atoms with van der Waals surface area (Å²) in [6.07, 6.45) is 21.6. The molecule has 0 aromatic carbocycles. The van der Waals surface area contributed by atoms with Gasteiger partial charge in [-0.15, -0.1) is 0 Å². The van der Waals surface area contributed by atoms with Crippen LogP contribution in [0.5, 0.6) is 0 Å². The van der Waals surface area contributed by atoms with E-state index in [4.69, 9.17) is 24.1 Å². The Bertz CT molecular complexity index is 1570. The van der Waals surface area contributed by atoms with E-state index in [2.05, 4.69) is 25.9 Å². The van der Waals surface area contributed by atoms with E-state index in [0.717, 1.165) is 44.2 Å². The molecular formula is C49H85N5O15. The van der Waals surface area contributed by atoms with Gasteiger partial charge in [-0.1, -0.05) is 83.5 Å². The second-order valence-corrected chi connectivity index (χ2v) is 17.4. The van der Waals surface area contributed by atoms with E-state index in [1.54, 1.807) is 6.20 Å². The van der Waals surface area contributed by atoms with E-state index in [-0.39, 0.29) is 128 Å². The number of nitrogens with one attached hydrogen (secondary N) is 4. The van der Waals surface area contributed by atoms with Crippen molar-refractivity contribution in [2.45, 2.75) is 173 Å². The summed E-state index contributed by atoms with van der Waals surface area (Å²) in [7, 11) is 0. The van der Waals surface area contributed by atoms with Crippen molar-refractivity contribution in [3.8, 4) is 0 Å². The van der Waals surface area contributed by atoms with Gasteiger partial charge in [-0.2, -0.15) is 0 Å². The number of rotatable bonds is 50. The van der Waals surface area contributed by atoms with Crippen molar-refractivity contribution in [1.29, 1.82) is 0 Å². The molecule has 69 heavy (non-hydrogen) atoms. The molecule has 0 radical (unpaired) electrons. The van der Waals surface area contributed by atoms with Crippen LogP contribution in [0.1, 0.15) is 168 Å². The number of aromatic nitrogens is 2. The third kappa shape index (κ3) is 39.7. The Labute approximate surface area is 409 Å². The predicted octanol–water partition coefficient (Wildman–Crippen LogP) is 5.74. The number of hydrogen-bond acceptors (Lipinski definition) is 13. The second-order valence-electron chi connectivity index (χ2n) is 17.4. The minimum atomic E-state index is -1.16. The lowest BCUT2D eigenvalue weighted by molar-refractivity contribution is -0.144. The van der Waals surface area contributed by atoms with Gasteiger partial charge < -0.3 is 55.2 Å².